The summed E-state index contributed by atoms with van der Waals surface area (Å²) in [4.78, 5) is 15.1. The van der Waals surface area contributed by atoms with E-state index >= 15 is 0 Å². The van der Waals surface area contributed by atoms with Crippen molar-refractivity contribution in [2.24, 2.45) is 0 Å². The summed E-state index contributed by atoms with van der Waals surface area (Å²) in [5, 5.41) is 3.70. The Morgan fingerprint density at radius 2 is 1.95 bits per heavy atom. The highest BCUT2D eigenvalue weighted by Crippen LogP contribution is 2.38. The van der Waals surface area contributed by atoms with Gasteiger partial charge in [0, 0.05) is 11.0 Å². The van der Waals surface area contributed by atoms with E-state index in [2.05, 4.69) is 57.3 Å². The predicted octanol–water partition coefficient (Wildman–Crippen LogP) is 4.21. The lowest BCUT2D eigenvalue weighted by molar-refractivity contribution is -0.133. The third kappa shape index (κ3) is 3.09. The summed E-state index contributed by atoms with van der Waals surface area (Å²) in [5.74, 6) is 0.328. The molecule has 0 aromatic heterocycles. The van der Waals surface area contributed by atoms with Crippen LogP contribution in [0.3, 0.4) is 0 Å². The monoisotopic (exact) mass is 364 g/mol. The fourth-order valence-electron chi connectivity index (χ4n) is 3.81. The number of hydrogen-bond donors (Lipinski definition) is 1. The Morgan fingerprint density at radius 3 is 2.59 bits per heavy atom. The van der Waals surface area contributed by atoms with Gasteiger partial charge in [0.2, 0.25) is 5.91 Å². The number of halogens is 1. The van der Waals surface area contributed by atoms with Gasteiger partial charge in [-0.05, 0) is 37.0 Å². The van der Waals surface area contributed by atoms with E-state index in [9.17, 15) is 4.79 Å². The van der Waals surface area contributed by atoms with Crippen LogP contribution in [0.4, 0.5) is 0 Å². The molecule has 1 N–H and O–H groups in total. The molecule has 1 aliphatic carbocycles. The van der Waals surface area contributed by atoms with E-state index in [0.29, 0.717) is 5.91 Å². The molecule has 1 spiro atoms. The van der Waals surface area contributed by atoms with Crippen molar-refractivity contribution in [3.63, 3.8) is 0 Å². The number of unbranched alkanes of at least 4 members (excludes halogenated alkanes) is 1. The Morgan fingerprint density at radius 1 is 1.27 bits per heavy atom. The summed E-state index contributed by atoms with van der Waals surface area (Å²) < 4.78 is 1.08. The lowest BCUT2D eigenvalue weighted by Gasteiger charge is -2.24. The second kappa shape index (κ2) is 6.71. The second-order valence-corrected chi connectivity index (χ2v) is 7.57. The summed E-state index contributed by atoms with van der Waals surface area (Å²) in [5.41, 5.74) is 0.947. The standard InChI is InChI=1S/C18H25BrN2O/c1-2-3-6-16-20-18(11-4-5-12-18)17(22)21(16)13-14-7-9-15(19)10-8-14/h7-10,16,20H,2-6,11-13H2,1H3. The van der Waals surface area contributed by atoms with Crippen molar-refractivity contribution in [2.75, 3.05) is 0 Å². The van der Waals surface area contributed by atoms with Gasteiger partial charge in [-0.25, -0.2) is 0 Å². The maximum atomic E-state index is 13.0. The molecule has 2 fully saturated rings. The van der Waals surface area contributed by atoms with E-state index in [0.717, 1.165) is 36.7 Å². The van der Waals surface area contributed by atoms with Crippen molar-refractivity contribution >= 4 is 21.8 Å². The minimum atomic E-state index is -0.256. The minimum Gasteiger partial charge on any atom is -0.321 e. The van der Waals surface area contributed by atoms with Gasteiger partial charge in [-0.1, -0.05) is 60.7 Å². The number of nitrogens with one attached hydrogen (secondary N) is 1. The van der Waals surface area contributed by atoms with Gasteiger partial charge < -0.3 is 4.90 Å². The van der Waals surface area contributed by atoms with Crippen LogP contribution >= 0.6 is 15.9 Å². The Bertz CT molecular complexity index is 522. The normalized spacial score (nSPS) is 23.6. The lowest BCUT2D eigenvalue weighted by Crippen LogP contribution is -2.44. The number of benzene rings is 1. The van der Waals surface area contributed by atoms with Crippen molar-refractivity contribution in [3.8, 4) is 0 Å². The van der Waals surface area contributed by atoms with Crippen LogP contribution in [0.25, 0.3) is 0 Å². The van der Waals surface area contributed by atoms with Crippen molar-refractivity contribution in [2.45, 2.75) is 70.1 Å². The van der Waals surface area contributed by atoms with E-state index in [4.69, 9.17) is 0 Å². The fraction of sp³-hybridized carbons (Fsp3) is 0.611. The summed E-state index contributed by atoms with van der Waals surface area (Å²) in [6, 6.07) is 8.31. The highest BCUT2D eigenvalue weighted by molar-refractivity contribution is 9.10. The van der Waals surface area contributed by atoms with E-state index in [1.54, 1.807) is 0 Å². The molecule has 1 heterocycles. The molecule has 1 aromatic carbocycles. The first kappa shape index (κ1) is 16.0. The third-order valence-corrected chi connectivity index (χ3v) is 5.57. The molecule has 1 atom stereocenters. The number of carbonyl (C=O) groups excluding carboxylic acids is 1. The minimum absolute atomic E-state index is 0.203. The number of hydrogen-bond acceptors (Lipinski definition) is 2. The first-order chi connectivity index (χ1) is 10.6. The molecule has 1 aromatic rings. The van der Waals surface area contributed by atoms with E-state index < -0.39 is 0 Å². The molecule has 1 amide bonds. The zero-order valence-corrected chi connectivity index (χ0v) is 14.9. The van der Waals surface area contributed by atoms with Crippen molar-refractivity contribution < 1.29 is 4.79 Å². The van der Waals surface area contributed by atoms with Crippen LogP contribution in [0.2, 0.25) is 0 Å². The molecule has 3 nitrogen and oxygen atoms in total. The summed E-state index contributed by atoms with van der Waals surface area (Å²) >= 11 is 3.47. The average Bonchev–Trinajstić information content (AvgIpc) is 3.09. The highest BCUT2D eigenvalue weighted by Gasteiger charge is 2.51. The first-order valence-electron chi connectivity index (χ1n) is 8.48. The Labute approximate surface area is 141 Å². The number of rotatable bonds is 5. The quantitative estimate of drug-likeness (QED) is 0.848. The fourth-order valence-corrected chi connectivity index (χ4v) is 4.07. The van der Waals surface area contributed by atoms with Crippen molar-refractivity contribution in [3.05, 3.63) is 34.3 Å². The zero-order valence-electron chi connectivity index (χ0n) is 13.3. The second-order valence-electron chi connectivity index (χ2n) is 6.65. The Kier molecular flexibility index (Phi) is 4.88. The smallest absolute Gasteiger partial charge is 0.244 e. The number of nitrogens with zero attached hydrogens (tertiary/aromatic N) is 1. The van der Waals surface area contributed by atoms with Gasteiger partial charge in [0.15, 0.2) is 0 Å². The maximum Gasteiger partial charge on any atom is 0.244 e. The maximum absolute atomic E-state index is 13.0. The lowest BCUT2D eigenvalue weighted by atomic mass is 9.98. The van der Waals surface area contributed by atoms with Gasteiger partial charge in [0.05, 0.1) is 11.7 Å². The van der Waals surface area contributed by atoms with Gasteiger partial charge in [-0.2, -0.15) is 0 Å². The molecule has 3 rings (SSSR count). The van der Waals surface area contributed by atoms with E-state index in [-0.39, 0.29) is 11.7 Å². The predicted molar refractivity (Wildman–Crippen MR) is 92.3 cm³/mol. The molecule has 1 unspecified atom stereocenters. The van der Waals surface area contributed by atoms with E-state index in [1.807, 2.05) is 0 Å². The molecule has 0 bridgehead atoms. The molecule has 1 saturated carbocycles. The van der Waals surface area contributed by atoms with Crippen LogP contribution in [0.15, 0.2) is 28.7 Å². The van der Waals surface area contributed by atoms with E-state index in [1.165, 1.54) is 24.8 Å². The third-order valence-electron chi connectivity index (χ3n) is 5.04. The van der Waals surface area contributed by atoms with Gasteiger partial charge in [0.25, 0.3) is 0 Å². The van der Waals surface area contributed by atoms with Crippen LogP contribution < -0.4 is 5.32 Å². The first-order valence-corrected chi connectivity index (χ1v) is 9.27. The molecular formula is C18H25BrN2O. The molecule has 22 heavy (non-hydrogen) atoms. The summed E-state index contributed by atoms with van der Waals surface area (Å²) in [7, 11) is 0. The van der Waals surface area contributed by atoms with Crippen molar-refractivity contribution in [1.82, 2.24) is 10.2 Å². The summed E-state index contributed by atoms with van der Waals surface area (Å²) in [6.07, 6.45) is 7.95. The Hall–Kier alpha value is -0.870. The molecular weight excluding hydrogens is 340 g/mol. The van der Waals surface area contributed by atoms with Crippen LogP contribution in [-0.4, -0.2) is 22.5 Å². The van der Waals surface area contributed by atoms with Crippen molar-refractivity contribution in [1.29, 1.82) is 0 Å². The molecule has 1 saturated heterocycles. The highest BCUT2D eigenvalue weighted by atomic mass is 79.9. The van der Waals surface area contributed by atoms with Crippen LogP contribution in [0, 0.1) is 0 Å². The average molecular weight is 365 g/mol. The van der Waals surface area contributed by atoms with Gasteiger partial charge in [0.1, 0.15) is 0 Å². The molecule has 4 heteroatoms. The van der Waals surface area contributed by atoms with Gasteiger partial charge in [-0.15, -0.1) is 0 Å². The Balaban J connectivity index is 1.78. The number of amides is 1. The van der Waals surface area contributed by atoms with Crippen LogP contribution in [-0.2, 0) is 11.3 Å². The van der Waals surface area contributed by atoms with Crippen LogP contribution in [0.1, 0.15) is 57.4 Å². The molecule has 2 aliphatic rings. The molecule has 0 radical (unpaired) electrons. The van der Waals surface area contributed by atoms with Gasteiger partial charge in [-0.3, -0.25) is 10.1 Å². The zero-order chi connectivity index (χ0) is 15.6. The SMILES string of the molecule is CCCCC1NC2(CCCC2)C(=O)N1Cc1ccc(Br)cc1. The van der Waals surface area contributed by atoms with Gasteiger partial charge >= 0.3 is 0 Å². The summed E-state index contributed by atoms with van der Waals surface area (Å²) in [6.45, 7) is 2.93. The topological polar surface area (TPSA) is 32.3 Å². The molecule has 120 valence electrons. The molecule has 1 aliphatic heterocycles. The van der Waals surface area contributed by atoms with Crippen LogP contribution in [0.5, 0.6) is 0 Å². The number of carbonyl (C=O) groups is 1. The largest absolute Gasteiger partial charge is 0.321 e.